The van der Waals surface area contributed by atoms with Crippen LogP contribution in [-0.2, 0) is 9.09 Å². The second-order valence-electron chi connectivity index (χ2n) is 5.34. The predicted molar refractivity (Wildman–Crippen MR) is 74.5 cm³/mol. The third-order valence-corrected chi connectivity index (χ3v) is 4.41. The average Bonchev–Trinajstić information content (AvgIpc) is 3.01. The Labute approximate surface area is 191 Å². The van der Waals surface area contributed by atoms with E-state index in [1.165, 1.54) is 17.2 Å². The van der Waals surface area contributed by atoms with Gasteiger partial charge in [0, 0.05) is 5.92 Å². The van der Waals surface area contributed by atoms with Crippen molar-refractivity contribution >= 4 is 19.0 Å². The van der Waals surface area contributed by atoms with Crippen LogP contribution in [0.15, 0.2) is 17.4 Å². The third-order valence-electron chi connectivity index (χ3n) is 3.94. The Morgan fingerprint density at radius 2 is 1.96 bits per heavy atom. The molecule has 1 aliphatic carbocycles. The maximum absolute atomic E-state index is 11.6. The molecule has 3 rings (SSSR count). The minimum Gasteiger partial charge on any atom is -0.790 e. The zero-order valence-electron chi connectivity index (χ0n) is 14.1. The number of nitrogens with one attached hydrogen (secondary N) is 1. The Morgan fingerprint density at radius 1 is 1.31 bits per heavy atom. The van der Waals surface area contributed by atoms with Crippen molar-refractivity contribution in [1.82, 2.24) is 19.5 Å². The van der Waals surface area contributed by atoms with E-state index in [2.05, 4.69) is 19.5 Å². The average molecular weight is 408 g/mol. The first-order valence-corrected chi connectivity index (χ1v) is 8.17. The fourth-order valence-electron chi connectivity index (χ4n) is 2.83. The van der Waals surface area contributed by atoms with Crippen molar-refractivity contribution in [3.8, 4) is 0 Å². The van der Waals surface area contributed by atoms with Crippen LogP contribution < -0.4 is 74.5 Å². The summed E-state index contributed by atoms with van der Waals surface area (Å²) in [6.07, 6.45) is 0.0861. The number of aliphatic hydroxyl groups excluding tert-OH is 2. The molecule has 26 heavy (non-hydrogen) atoms. The number of phosphoric acid groups is 1. The molecule has 2 heterocycles. The Kier molecular flexibility index (Phi) is 10.3. The van der Waals surface area contributed by atoms with E-state index in [1.54, 1.807) is 0 Å². The van der Waals surface area contributed by atoms with E-state index < -0.39 is 44.2 Å². The molecular formula is C11H15N4Na2O8P. The van der Waals surface area contributed by atoms with Gasteiger partial charge in [0.15, 0.2) is 11.2 Å². The van der Waals surface area contributed by atoms with Gasteiger partial charge >= 0.3 is 59.1 Å². The molecular weight excluding hydrogens is 393 g/mol. The van der Waals surface area contributed by atoms with Crippen LogP contribution in [0.25, 0.3) is 11.2 Å². The van der Waals surface area contributed by atoms with Gasteiger partial charge in [-0.1, -0.05) is 0 Å². The van der Waals surface area contributed by atoms with Gasteiger partial charge in [-0.3, -0.25) is 4.79 Å². The number of imidazole rings is 1. The largest absolute Gasteiger partial charge is 1.00 e. The summed E-state index contributed by atoms with van der Waals surface area (Å²) in [6, 6.07) is -0.685. The second-order valence-corrected chi connectivity index (χ2v) is 6.50. The van der Waals surface area contributed by atoms with Crippen LogP contribution in [0.4, 0.5) is 0 Å². The molecule has 0 aliphatic heterocycles. The standard InChI is InChI=1S/C11H15N4O7P.2Na.H2O/c16-8-5(2-22-23(19,20)21)1-6(9(8)17)15-4-14-7-10(15)12-3-13-11(7)18;;;/h3-6,8-9,16-17H,1-2H2,(H,12,13,18)(H2,19,20,21);;;1H2/q;2*+1;/p-2/t5-,6-,8-,9+;;;/m1.../s1. The molecule has 4 atom stereocenters. The number of aromatic amines is 1. The van der Waals surface area contributed by atoms with Crippen molar-refractivity contribution in [2.75, 3.05) is 6.61 Å². The predicted octanol–water partition coefficient (Wildman–Crippen LogP) is -9.57. The molecule has 1 aliphatic rings. The normalized spacial score (nSPS) is 25.2. The van der Waals surface area contributed by atoms with Crippen LogP contribution in [0.3, 0.4) is 0 Å². The quantitative estimate of drug-likeness (QED) is 0.323. The van der Waals surface area contributed by atoms with Crippen molar-refractivity contribution in [2.45, 2.75) is 24.7 Å². The smallest absolute Gasteiger partial charge is 0.790 e. The number of rotatable bonds is 4. The molecule has 1 fully saturated rings. The molecule has 0 saturated heterocycles. The van der Waals surface area contributed by atoms with Gasteiger partial charge in [0.25, 0.3) is 5.56 Å². The minimum absolute atomic E-state index is 0. The fourth-order valence-corrected chi connectivity index (χ4v) is 3.21. The number of aromatic nitrogens is 4. The van der Waals surface area contributed by atoms with E-state index >= 15 is 0 Å². The Balaban J connectivity index is 0.00000208. The molecule has 5 N–H and O–H groups in total. The van der Waals surface area contributed by atoms with E-state index in [4.69, 9.17) is 0 Å². The summed E-state index contributed by atoms with van der Waals surface area (Å²) in [5.41, 5.74) is -0.136. The van der Waals surface area contributed by atoms with Gasteiger partial charge in [0.1, 0.15) is 6.10 Å². The van der Waals surface area contributed by atoms with Crippen LogP contribution in [0.1, 0.15) is 12.5 Å². The summed E-state index contributed by atoms with van der Waals surface area (Å²) in [7, 11) is -5.16. The third kappa shape index (κ3) is 5.45. The van der Waals surface area contributed by atoms with Gasteiger partial charge in [-0.25, -0.2) is 9.97 Å². The van der Waals surface area contributed by atoms with E-state index in [1.807, 2.05) is 0 Å². The minimum atomic E-state index is -5.16. The topological polar surface area (TPSA) is 208 Å². The van der Waals surface area contributed by atoms with Crippen LogP contribution in [0.5, 0.6) is 0 Å². The Hall–Kier alpha value is 0.340. The summed E-state index contributed by atoms with van der Waals surface area (Å²) in [6.45, 7) is -0.528. The van der Waals surface area contributed by atoms with Gasteiger partial charge in [0.05, 0.1) is 39.2 Å². The molecule has 0 bridgehead atoms. The molecule has 12 nitrogen and oxygen atoms in total. The van der Waals surface area contributed by atoms with E-state index in [0.29, 0.717) is 0 Å². The van der Waals surface area contributed by atoms with Gasteiger partial charge in [-0.05, 0) is 6.42 Å². The molecule has 1 saturated carbocycles. The Morgan fingerprint density at radius 3 is 2.58 bits per heavy atom. The van der Waals surface area contributed by atoms with Crippen molar-refractivity contribution in [3.05, 3.63) is 23.0 Å². The van der Waals surface area contributed by atoms with Crippen LogP contribution >= 0.6 is 7.82 Å². The first-order chi connectivity index (χ1) is 10.8. The SMILES string of the molecule is O.O=c1[nH]cnc2c1ncn2[C@@H]1C[C@H](COP(=O)([O-])[O-])[C@@H](O)[C@H]1O.[Na+].[Na+]. The van der Waals surface area contributed by atoms with Crippen LogP contribution in [0, 0.1) is 5.92 Å². The van der Waals surface area contributed by atoms with Gasteiger partial charge < -0.3 is 44.1 Å². The first kappa shape index (κ1) is 26.3. The Bertz CT molecular complexity index is 826. The second kappa shape index (κ2) is 10.2. The van der Waals surface area contributed by atoms with Crippen molar-refractivity contribution < 1.29 is 93.7 Å². The number of nitrogens with zero attached hydrogens (tertiary/aromatic N) is 3. The van der Waals surface area contributed by atoms with Gasteiger partial charge in [-0.2, -0.15) is 0 Å². The molecule has 134 valence electrons. The number of hydrogen-bond donors (Lipinski definition) is 3. The molecule has 2 aromatic heterocycles. The first-order valence-electron chi connectivity index (χ1n) is 6.71. The monoisotopic (exact) mass is 408 g/mol. The fraction of sp³-hybridized carbons (Fsp3) is 0.545. The van der Waals surface area contributed by atoms with E-state index in [0.717, 1.165) is 0 Å². The molecule has 0 amide bonds. The molecule has 0 unspecified atom stereocenters. The maximum atomic E-state index is 11.6. The summed E-state index contributed by atoms with van der Waals surface area (Å²) in [5, 5.41) is 20.2. The number of aliphatic hydroxyl groups is 2. The molecule has 0 spiro atoms. The number of hydrogen-bond acceptors (Lipinski definition) is 9. The summed E-state index contributed by atoms with van der Waals surface area (Å²) >= 11 is 0. The van der Waals surface area contributed by atoms with Gasteiger partial charge in [-0.15, -0.1) is 0 Å². The van der Waals surface area contributed by atoms with Crippen molar-refractivity contribution in [3.63, 3.8) is 0 Å². The summed E-state index contributed by atoms with van der Waals surface area (Å²) < 4.78 is 16.2. The van der Waals surface area contributed by atoms with E-state index in [9.17, 15) is 29.4 Å². The van der Waals surface area contributed by atoms with Gasteiger partial charge in [0.2, 0.25) is 0 Å². The molecule has 0 radical (unpaired) electrons. The van der Waals surface area contributed by atoms with E-state index in [-0.39, 0.29) is 82.2 Å². The number of phosphoric ester groups is 1. The summed E-state index contributed by atoms with van der Waals surface area (Å²) in [5.74, 6) is -0.759. The molecule has 2 aromatic rings. The van der Waals surface area contributed by atoms with Crippen molar-refractivity contribution in [1.29, 1.82) is 0 Å². The number of fused-ring (bicyclic) bond motifs is 1. The zero-order chi connectivity index (χ0) is 16.8. The maximum Gasteiger partial charge on any atom is 1.00 e. The van der Waals surface area contributed by atoms with Crippen LogP contribution in [0.2, 0.25) is 0 Å². The molecule has 0 aromatic carbocycles. The number of H-pyrrole nitrogens is 1. The zero-order valence-corrected chi connectivity index (χ0v) is 19.0. The molecule has 15 heteroatoms. The van der Waals surface area contributed by atoms with Crippen LogP contribution in [-0.4, -0.2) is 54.0 Å². The van der Waals surface area contributed by atoms with Crippen molar-refractivity contribution in [2.24, 2.45) is 5.92 Å². The summed E-state index contributed by atoms with van der Waals surface area (Å²) in [4.78, 5) is 43.0.